The molecule has 14 heavy (non-hydrogen) atoms. The van der Waals surface area contributed by atoms with Crippen molar-refractivity contribution in [1.29, 1.82) is 0 Å². The van der Waals surface area contributed by atoms with Crippen LogP contribution in [-0.2, 0) is 0 Å². The highest BCUT2D eigenvalue weighted by Crippen LogP contribution is 2.01. The second kappa shape index (κ2) is 5.54. The predicted octanol–water partition coefficient (Wildman–Crippen LogP) is 1.19. The number of hydrogen-bond acceptors (Lipinski definition) is 4. The smallest absolute Gasteiger partial charge is 0.148 e. The topological polar surface area (TPSA) is 49.8 Å². The van der Waals surface area contributed by atoms with Crippen molar-refractivity contribution in [3.05, 3.63) is 17.8 Å². The average molecular weight is 194 g/mol. The quantitative estimate of drug-likeness (QED) is 0.691. The minimum Gasteiger partial charge on any atom is -0.367 e. The summed E-state index contributed by atoms with van der Waals surface area (Å²) in [4.78, 5) is 0. The Morgan fingerprint density at radius 3 is 2.79 bits per heavy atom. The van der Waals surface area contributed by atoms with E-state index >= 15 is 0 Å². The minimum atomic E-state index is 0.528. The van der Waals surface area contributed by atoms with Gasteiger partial charge in [-0.25, -0.2) is 0 Å². The van der Waals surface area contributed by atoms with Crippen molar-refractivity contribution in [2.45, 2.75) is 26.8 Å². The van der Waals surface area contributed by atoms with Gasteiger partial charge in [0.15, 0.2) is 0 Å². The van der Waals surface area contributed by atoms with Gasteiger partial charge in [0, 0.05) is 19.1 Å². The van der Waals surface area contributed by atoms with Crippen LogP contribution in [0, 0.1) is 6.92 Å². The molecule has 1 aromatic rings. The van der Waals surface area contributed by atoms with E-state index in [1.165, 1.54) is 0 Å². The normalized spacial score (nSPS) is 10.6. The highest BCUT2D eigenvalue weighted by atomic mass is 15.2. The SMILES string of the molecule is Cc1cnnc(NCCNC(C)C)c1. The fraction of sp³-hybridized carbons (Fsp3) is 0.600. The van der Waals surface area contributed by atoms with E-state index in [2.05, 4.69) is 34.7 Å². The summed E-state index contributed by atoms with van der Waals surface area (Å²) in [6, 6.07) is 2.52. The molecule has 0 bridgehead atoms. The Morgan fingerprint density at radius 1 is 1.36 bits per heavy atom. The van der Waals surface area contributed by atoms with Gasteiger partial charge < -0.3 is 10.6 Å². The highest BCUT2D eigenvalue weighted by molar-refractivity contribution is 5.34. The molecule has 0 spiro atoms. The molecule has 0 aliphatic carbocycles. The Morgan fingerprint density at radius 2 is 2.14 bits per heavy atom. The van der Waals surface area contributed by atoms with E-state index in [9.17, 15) is 0 Å². The maximum Gasteiger partial charge on any atom is 0.148 e. The molecule has 1 heterocycles. The fourth-order valence-corrected chi connectivity index (χ4v) is 1.10. The third kappa shape index (κ3) is 4.18. The number of aromatic nitrogens is 2. The number of nitrogens with one attached hydrogen (secondary N) is 2. The molecule has 0 aliphatic rings. The summed E-state index contributed by atoms with van der Waals surface area (Å²) >= 11 is 0. The lowest BCUT2D eigenvalue weighted by atomic mass is 10.3. The molecule has 0 radical (unpaired) electrons. The molecule has 1 aromatic heterocycles. The van der Waals surface area contributed by atoms with Gasteiger partial charge in [-0.15, -0.1) is 5.10 Å². The first-order chi connectivity index (χ1) is 6.68. The van der Waals surface area contributed by atoms with Gasteiger partial charge >= 0.3 is 0 Å². The Balaban J connectivity index is 2.25. The molecule has 0 aromatic carbocycles. The van der Waals surface area contributed by atoms with Crippen molar-refractivity contribution in [3.63, 3.8) is 0 Å². The summed E-state index contributed by atoms with van der Waals surface area (Å²) < 4.78 is 0. The maximum absolute atomic E-state index is 3.97. The largest absolute Gasteiger partial charge is 0.367 e. The lowest BCUT2D eigenvalue weighted by molar-refractivity contribution is 0.602. The van der Waals surface area contributed by atoms with Crippen molar-refractivity contribution in [2.75, 3.05) is 18.4 Å². The third-order valence-electron chi connectivity index (χ3n) is 1.77. The molecule has 0 saturated carbocycles. The van der Waals surface area contributed by atoms with Crippen molar-refractivity contribution < 1.29 is 0 Å². The Bertz CT molecular complexity index is 273. The van der Waals surface area contributed by atoms with Gasteiger partial charge in [0.05, 0.1) is 6.20 Å². The monoisotopic (exact) mass is 194 g/mol. The summed E-state index contributed by atoms with van der Waals surface area (Å²) in [5.74, 6) is 0.843. The standard InChI is InChI=1S/C10H18N4/c1-8(2)11-4-5-12-10-6-9(3)7-13-14-10/h6-8,11H,4-5H2,1-3H3,(H,12,14). The third-order valence-corrected chi connectivity index (χ3v) is 1.77. The molecule has 0 saturated heterocycles. The van der Waals surface area contributed by atoms with Gasteiger partial charge in [-0.05, 0) is 18.6 Å². The van der Waals surface area contributed by atoms with E-state index in [1.807, 2.05) is 13.0 Å². The van der Waals surface area contributed by atoms with Gasteiger partial charge in [0.25, 0.3) is 0 Å². The molecule has 4 heteroatoms. The summed E-state index contributed by atoms with van der Waals surface area (Å²) in [6.45, 7) is 8.08. The lowest BCUT2D eigenvalue weighted by Crippen LogP contribution is -2.28. The summed E-state index contributed by atoms with van der Waals surface area (Å²) in [5.41, 5.74) is 1.12. The van der Waals surface area contributed by atoms with Gasteiger partial charge in [0.2, 0.25) is 0 Å². The van der Waals surface area contributed by atoms with Crippen molar-refractivity contribution in [3.8, 4) is 0 Å². The van der Waals surface area contributed by atoms with Crippen LogP contribution < -0.4 is 10.6 Å². The first-order valence-electron chi connectivity index (χ1n) is 4.95. The van der Waals surface area contributed by atoms with Gasteiger partial charge in [0.1, 0.15) is 5.82 Å². The number of anilines is 1. The zero-order valence-corrected chi connectivity index (χ0v) is 9.04. The van der Waals surface area contributed by atoms with E-state index in [0.717, 1.165) is 24.5 Å². The average Bonchev–Trinajstić information content (AvgIpc) is 2.12. The minimum absolute atomic E-state index is 0.528. The summed E-state index contributed by atoms with van der Waals surface area (Å²) in [7, 11) is 0. The number of rotatable bonds is 5. The molecule has 0 aliphatic heterocycles. The van der Waals surface area contributed by atoms with Crippen LogP contribution in [0.1, 0.15) is 19.4 Å². The van der Waals surface area contributed by atoms with Crippen LogP contribution in [0.4, 0.5) is 5.82 Å². The molecule has 0 fully saturated rings. The maximum atomic E-state index is 3.97. The van der Waals surface area contributed by atoms with E-state index in [4.69, 9.17) is 0 Å². The zero-order valence-electron chi connectivity index (χ0n) is 9.04. The van der Waals surface area contributed by atoms with Gasteiger partial charge in [-0.3, -0.25) is 0 Å². The van der Waals surface area contributed by atoms with Crippen LogP contribution in [0.3, 0.4) is 0 Å². The molecular formula is C10H18N4. The van der Waals surface area contributed by atoms with E-state index in [0.29, 0.717) is 6.04 Å². The van der Waals surface area contributed by atoms with Gasteiger partial charge in [-0.1, -0.05) is 13.8 Å². The molecule has 4 nitrogen and oxygen atoms in total. The van der Waals surface area contributed by atoms with E-state index in [-0.39, 0.29) is 0 Å². The number of nitrogens with zero attached hydrogens (tertiary/aromatic N) is 2. The second-order valence-electron chi connectivity index (χ2n) is 3.65. The van der Waals surface area contributed by atoms with Crippen molar-refractivity contribution in [1.82, 2.24) is 15.5 Å². The van der Waals surface area contributed by atoms with Crippen LogP contribution in [0.2, 0.25) is 0 Å². The van der Waals surface area contributed by atoms with Crippen molar-refractivity contribution in [2.24, 2.45) is 0 Å². The zero-order chi connectivity index (χ0) is 10.4. The molecule has 0 unspecified atom stereocenters. The number of hydrogen-bond donors (Lipinski definition) is 2. The molecule has 2 N–H and O–H groups in total. The summed E-state index contributed by atoms with van der Waals surface area (Å²) in [5, 5.41) is 14.4. The molecule has 1 rings (SSSR count). The van der Waals surface area contributed by atoms with Crippen LogP contribution in [0.25, 0.3) is 0 Å². The highest BCUT2D eigenvalue weighted by Gasteiger charge is 1.95. The van der Waals surface area contributed by atoms with Crippen LogP contribution >= 0.6 is 0 Å². The fourth-order valence-electron chi connectivity index (χ4n) is 1.10. The van der Waals surface area contributed by atoms with Crippen LogP contribution in [0.5, 0.6) is 0 Å². The molecule has 78 valence electrons. The predicted molar refractivity (Wildman–Crippen MR) is 58.4 cm³/mol. The first kappa shape index (κ1) is 10.9. The van der Waals surface area contributed by atoms with E-state index < -0.39 is 0 Å². The van der Waals surface area contributed by atoms with E-state index in [1.54, 1.807) is 6.20 Å². The molecule has 0 atom stereocenters. The van der Waals surface area contributed by atoms with Crippen LogP contribution in [0.15, 0.2) is 12.3 Å². The Labute approximate surface area is 85.1 Å². The van der Waals surface area contributed by atoms with Crippen LogP contribution in [-0.4, -0.2) is 29.3 Å². The molecule has 0 amide bonds. The van der Waals surface area contributed by atoms with Gasteiger partial charge in [-0.2, -0.15) is 5.10 Å². The summed E-state index contributed by atoms with van der Waals surface area (Å²) in [6.07, 6.45) is 1.75. The van der Waals surface area contributed by atoms with Crippen molar-refractivity contribution >= 4 is 5.82 Å². The Hall–Kier alpha value is -1.16. The molecular weight excluding hydrogens is 176 g/mol. The number of aryl methyl sites for hydroxylation is 1. The lowest BCUT2D eigenvalue weighted by Gasteiger charge is -2.09. The Kier molecular flexibility index (Phi) is 4.32. The first-order valence-corrected chi connectivity index (χ1v) is 4.95. The second-order valence-corrected chi connectivity index (χ2v) is 3.65.